The lowest BCUT2D eigenvalue weighted by atomic mass is 10.1. The predicted octanol–water partition coefficient (Wildman–Crippen LogP) is 1.84. The Balaban J connectivity index is 2.47. The zero-order valence-corrected chi connectivity index (χ0v) is 15.7. The summed E-state index contributed by atoms with van der Waals surface area (Å²) in [5, 5.41) is 2.78. The van der Waals surface area contributed by atoms with Crippen molar-refractivity contribution in [2.45, 2.75) is 50.5 Å². The first-order valence-corrected chi connectivity index (χ1v) is 9.78. The van der Waals surface area contributed by atoms with E-state index in [0.29, 0.717) is 0 Å². The summed E-state index contributed by atoms with van der Waals surface area (Å²) in [5.74, 6) is -1.03. The van der Waals surface area contributed by atoms with Gasteiger partial charge in [0.15, 0.2) is 6.61 Å². The number of carbonyl (C=O) groups is 2. The highest BCUT2D eigenvalue weighted by atomic mass is 32.2. The van der Waals surface area contributed by atoms with Crippen LogP contribution in [0.4, 0.5) is 0 Å². The first kappa shape index (κ1) is 21.1. The van der Waals surface area contributed by atoms with Crippen molar-refractivity contribution >= 4 is 21.9 Å². The smallest absolute Gasteiger partial charge is 0.338 e. The molecule has 1 atom stereocenters. The number of hydrogen-bond acceptors (Lipinski definition) is 5. The maximum absolute atomic E-state index is 11.9. The molecule has 0 aliphatic heterocycles. The van der Waals surface area contributed by atoms with E-state index >= 15 is 0 Å². The van der Waals surface area contributed by atoms with E-state index in [1.807, 2.05) is 6.92 Å². The summed E-state index contributed by atoms with van der Waals surface area (Å²) in [4.78, 5) is 23.7. The molecule has 0 fully saturated rings. The van der Waals surface area contributed by atoms with Crippen molar-refractivity contribution in [3.8, 4) is 0 Å². The minimum absolute atomic E-state index is 0.0313. The van der Waals surface area contributed by atoms with Crippen molar-refractivity contribution in [2.75, 3.05) is 13.7 Å². The van der Waals surface area contributed by atoms with E-state index in [1.54, 1.807) is 0 Å². The molecule has 1 aromatic rings. The summed E-state index contributed by atoms with van der Waals surface area (Å²) in [6.45, 7) is 3.66. The largest absolute Gasteiger partial charge is 0.452 e. The fraction of sp³-hybridized carbons (Fsp3) is 0.529. The topological polar surface area (TPSA) is 102 Å². The molecule has 0 aliphatic rings. The molecule has 0 radical (unpaired) electrons. The third-order valence-corrected chi connectivity index (χ3v) is 5.08. The van der Waals surface area contributed by atoms with Crippen molar-refractivity contribution in [3.05, 3.63) is 29.8 Å². The summed E-state index contributed by atoms with van der Waals surface area (Å²) in [7, 11) is -2.25. The van der Waals surface area contributed by atoms with Crippen LogP contribution in [-0.2, 0) is 19.6 Å². The summed E-state index contributed by atoms with van der Waals surface area (Å²) < 4.78 is 30.4. The molecular weight excluding hydrogens is 344 g/mol. The van der Waals surface area contributed by atoms with Crippen molar-refractivity contribution in [3.63, 3.8) is 0 Å². The number of carbonyl (C=O) groups excluding carboxylic acids is 2. The molecule has 0 saturated carbocycles. The lowest BCUT2D eigenvalue weighted by molar-refractivity contribution is -0.124. The molecule has 0 aromatic heterocycles. The van der Waals surface area contributed by atoms with Crippen molar-refractivity contribution in [1.82, 2.24) is 10.0 Å². The Morgan fingerprint density at radius 2 is 1.80 bits per heavy atom. The maximum Gasteiger partial charge on any atom is 0.338 e. The van der Waals surface area contributed by atoms with E-state index in [1.165, 1.54) is 31.3 Å². The van der Waals surface area contributed by atoms with E-state index in [0.717, 1.165) is 25.7 Å². The number of ether oxygens (including phenoxy) is 1. The van der Waals surface area contributed by atoms with Gasteiger partial charge in [-0.25, -0.2) is 17.9 Å². The monoisotopic (exact) mass is 370 g/mol. The van der Waals surface area contributed by atoms with Crippen LogP contribution in [0, 0.1) is 0 Å². The Bertz CT molecular complexity index is 671. The Hall–Kier alpha value is -1.93. The molecule has 0 saturated heterocycles. The van der Waals surface area contributed by atoms with Gasteiger partial charge in [-0.05, 0) is 44.7 Å². The van der Waals surface area contributed by atoms with Gasteiger partial charge in [-0.15, -0.1) is 0 Å². The molecule has 0 aliphatic carbocycles. The Morgan fingerprint density at radius 1 is 1.16 bits per heavy atom. The van der Waals surface area contributed by atoms with E-state index < -0.39 is 16.0 Å². The molecule has 140 valence electrons. The summed E-state index contributed by atoms with van der Waals surface area (Å²) in [6, 6.07) is 5.33. The number of nitrogens with one attached hydrogen (secondary N) is 2. The number of sulfonamides is 1. The minimum Gasteiger partial charge on any atom is -0.452 e. The van der Waals surface area contributed by atoms with Crippen LogP contribution in [0.25, 0.3) is 0 Å². The highest BCUT2D eigenvalue weighted by molar-refractivity contribution is 7.89. The van der Waals surface area contributed by atoms with Gasteiger partial charge in [-0.2, -0.15) is 0 Å². The van der Waals surface area contributed by atoms with Crippen molar-refractivity contribution in [2.24, 2.45) is 0 Å². The van der Waals surface area contributed by atoms with Crippen LogP contribution in [0.15, 0.2) is 29.2 Å². The number of hydrogen-bond donors (Lipinski definition) is 2. The van der Waals surface area contributed by atoms with Crippen LogP contribution >= 0.6 is 0 Å². The molecule has 1 aromatic carbocycles. The van der Waals surface area contributed by atoms with Crippen molar-refractivity contribution < 1.29 is 22.7 Å². The van der Waals surface area contributed by atoms with Gasteiger partial charge >= 0.3 is 5.97 Å². The van der Waals surface area contributed by atoms with Gasteiger partial charge < -0.3 is 10.1 Å². The van der Waals surface area contributed by atoms with Crippen LogP contribution in [-0.4, -0.2) is 40.0 Å². The predicted molar refractivity (Wildman–Crippen MR) is 94.7 cm³/mol. The average Bonchev–Trinajstić information content (AvgIpc) is 2.60. The second-order valence-corrected chi connectivity index (χ2v) is 7.66. The average molecular weight is 370 g/mol. The molecule has 0 bridgehead atoms. The van der Waals surface area contributed by atoms with Gasteiger partial charge in [0.05, 0.1) is 10.5 Å². The number of unbranched alkanes of at least 4 members (excludes halogenated alkanes) is 2. The summed E-state index contributed by atoms with van der Waals surface area (Å²) >= 11 is 0. The quantitative estimate of drug-likeness (QED) is 0.483. The minimum atomic E-state index is -3.56. The molecule has 2 N–H and O–H groups in total. The van der Waals surface area contributed by atoms with Gasteiger partial charge in [-0.1, -0.05) is 26.2 Å². The van der Waals surface area contributed by atoms with Gasteiger partial charge in [0, 0.05) is 6.04 Å². The van der Waals surface area contributed by atoms with Gasteiger partial charge in [0.25, 0.3) is 5.91 Å². The Morgan fingerprint density at radius 3 is 2.36 bits per heavy atom. The fourth-order valence-corrected chi connectivity index (χ4v) is 2.92. The molecule has 1 amide bonds. The fourth-order valence-electron chi connectivity index (χ4n) is 2.19. The summed E-state index contributed by atoms with van der Waals surface area (Å²) in [5.41, 5.74) is 0.179. The zero-order chi connectivity index (χ0) is 18.9. The number of esters is 1. The lowest BCUT2D eigenvalue weighted by Gasteiger charge is -2.13. The van der Waals surface area contributed by atoms with Gasteiger partial charge in [0.1, 0.15) is 0 Å². The molecule has 8 heteroatoms. The first-order valence-electron chi connectivity index (χ1n) is 8.30. The highest BCUT2D eigenvalue weighted by Gasteiger charge is 2.15. The lowest BCUT2D eigenvalue weighted by Crippen LogP contribution is -2.35. The van der Waals surface area contributed by atoms with Crippen molar-refractivity contribution in [1.29, 1.82) is 0 Å². The van der Waals surface area contributed by atoms with Crippen LogP contribution < -0.4 is 10.0 Å². The number of rotatable bonds is 10. The SMILES string of the molecule is CCCCCC(C)NC(=O)COC(=O)c1ccc(S(=O)(=O)NC)cc1. The second kappa shape index (κ2) is 10.1. The van der Waals surface area contributed by atoms with Crippen LogP contribution in [0.3, 0.4) is 0 Å². The number of amides is 1. The molecule has 1 unspecified atom stereocenters. The molecule has 25 heavy (non-hydrogen) atoms. The van der Waals surface area contributed by atoms with Crippen LogP contribution in [0.1, 0.15) is 49.9 Å². The molecule has 0 spiro atoms. The normalized spacial score (nSPS) is 12.4. The summed E-state index contributed by atoms with van der Waals surface area (Å²) in [6.07, 6.45) is 4.16. The van der Waals surface area contributed by atoms with Gasteiger partial charge in [0.2, 0.25) is 10.0 Å². The van der Waals surface area contributed by atoms with E-state index in [2.05, 4.69) is 17.0 Å². The first-order chi connectivity index (χ1) is 11.8. The van der Waals surface area contributed by atoms with Crippen LogP contribution in [0.5, 0.6) is 0 Å². The standard InChI is InChI=1S/C17H26N2O5S/c1-4-5-6-7-13(2)19-16(20)12-24-17(21)14-8-10-15(11-9-14)25(22,23)18-3/h8-11,13,18H,4-7,12H2,1-3H3,(H,19,20). The van der Waals surface area contributed by atoms with Gasteiger partial charge in [-0.3, -0.25) is 4.79 Å². The number of benzene rings is 1. The van der Waals surface area contributed by atoms with E-state index in [9.17, 15) is 18.0 Å². The highest BCUT2D eigenvalue weighted by Crippen LogP contribution is 2.11. The third-order valence-electron chi connectivity index (χ3n) is 3.65. The molecule has 1 rings (SSSR count). The van der Waals surface area contributed by atoms with E-state index in [4.69, 9.17) is 4.74 Å². The molecule has 0 heterocycles. The van der Waals surface area contributed by atoms with E-state index in [-0.39, 0.29) is 29.0 Å². The maximum atomic E-state index is 11.9. The third kappa shape index (κ3) is 7.23. The molecular formula is C17H26N2O5S. The molecule has 7 nitrogen and oxygen atoms in total. The Kier molecular flexibility index (Phi) is 8.57. The second-order valence-electron chi connectivity index (χ2n) is 5.77. The Labute approximate surface area is 149 Å². The van der Waals surface area contributed by atoms with Crippen LogP contribution in [0.2, 0.25) is 0 Å². The zero-order valence-electron chi connectivity index (χ0n) is 14.9.